The van der Waals surface area contributed by atoms with Gasteiger partial charge in [0, 0.05) is 18.0 Å². The number of rotatable bonds is 8. The van der Waals surface area contributed by atoms with E-state index in [-0.39, 0.29) is 6.61 Å². The van der Waals surface area contributed by atoms with E-state index in [9.17, 15) is 9.35 Å². The van der Waals surface area contributed by atoms with Crippen LogP contribution in [-0.2, 0) is 22.6 Å². The fourth-order valence-electron chi connectivity index (χ4n) is 4.58. The quantitative estimate of drug-likeness (QED) is 0.163. The highest BCUT2D eigenvalue weighted by molar-refractivity contribution is 7.91. The van der Waals surface area contributed by atoms with Crippen LogP contribution in [0.4, 0.5) is 0 Å². The molecule has 1 aliphatic rings. The summed E-state index contributed by atoms with van der Waals surface area (Å²) in [6, 6.07) is 9.49. The highest BCUT2D eigenvalue weighted by Crippen LogP contribution is 2.37. The van der Waals surface area contributed by atoms with Gasteiger partial charge in [-0.1, -0.05) is 4.40 Å². The van der Waals surface area contributed by atoms with Crippen molar-refractivity contribution >= 4 is 39.7 Å². The zero-order valence-corrected chi connectivity index (χ0v) is 24.4. The average Bonchev–Trinajstić information content (AvgIpc) is 3.56. The molecule has 0 unspecified atom stereocenters. The van der Waals surface area contributed by atoms with E-state index in [2.05, 4.69) is 15.0 Å². The Hall–Kier alpha value is -3.37. The van der Waals surface area contributed by atoms with Crippen LogP contribution in [0.3, 0.4) is 0 Å². The van der Waals surface area contributed by atoms with Gasteiger partial charge in [-0.15, -0.1) is 0 Å². The van der Waals surface area contributed by atoms with Gasteiger partial charge in [-0.25, -0.2) is 14.8 Å². The van der Waals surface area contributed by atoms with Crippen molar-refractivity contribution < 1.29 is 18.8 Å². The Balaban J connectivity index is 1.66. The van der Waals surface area contributed by atoms with Gasteiger partial charge in [0.25, 0.3) is 0 Å². The predicted molar refractivity (Wildman–Crippen MR) is 154 cm³/mol. The third-order valence-electron chi connectivity index (χ3n) is 6.88. The van der Waals surface area contributed by atoms with Gasteiger partial charge in [0.2, 0.25) is 0 Å². The van der Waals surface area contributed by atoms with Crippen molar-refractivity contribution in [1.29, 1.82) is 0 Å². The molecule has 1 atom stereocenters. The van der Waals surface area contributed by atoms with Crippen LogP contribution >= 0.6 is 0 Å². The number of hydrogen-bond acceptors (Lipinski definition) is 7. The van der Waals surface area contributed by atoms with Gasteiger partial charge in [0.1, 0.15) is 38.8 Å². The maximum Gasteiger partial charge on any atom is 0.338 e. The Morgan fingerprint density at radius 1 is 1.21 bits per heavy atom. The highest BCUT2D eigenvalue weighted by Gasteiger charge is 2.29. The lowest BCUT2D eigenvalue weighted by atomic mass is 10.2. The largest absolute Gasteiger partial charge is 0.591 e. The summed E-state index contributed by atoms with van der Waals surface area (Å²) >= 11 is -1.37. The molecule has 0 radical (unpaired) electrons. The van der Waals surface area contributed by atoms with Crippen LogP contribution in [0, 0.1) is 12.8 Å². The molecule has 4 aromatic rings. The lowest BCUT2D eigenvalue weighted by Crippen LogP contribution is -2.26. The molecule has 1 saturated carbocycles. The predicted octanol–water partition coefficient (Wildman–Crippen LogP) is 5.53. The molecular formula is C29H35N5O4S. The molecule has 4 aromatic heterocycles. The second-order valence-electron chi connectivity index (χ2n) is 11.0. The summed E-state index contributed by atoms with van der Waals surface area (Å²) in [4.78, 5) is 22.4. The molecule has 0 saturated heterocycles. The molecule has 39 heavy (non-hydrogen) atoms. The second-order valence-corrected chi connectivity index (χ2v) is 12.9. The van der Waals surface area contributed by atoms with Gasteiger partial charge in [-0.2, -0.15) is 0 Å². The summed E-state index contributed by atoms with van der Waals surface area (Å²) in [6.45, 7) is 12.5. The first-order chi connectivity index (χ1) is 18.5. The van der Waals surface area contributed by atoms with E-state index in [4.69, 9.17) is 19.4 Å². The minimum Gasteiger partial charge on any atom is -0.591 e. The summed E-state index contributed by atoms with van der Waals surface area (Å²) < 4.78 is 31.6. The Morgan fingerprint density at radius 3 is 2.59 bits per heavy atom. The minimum atomic E-state index is -1.37. The van der Waals surface area contributed by atoms with Crippen LogP contribution in [0.5, 0.6) is 5.88 Å². The van der Waals surface area contributed by atoms with Gasteiger partial charge in [-0.3, -0.25) is 4.40 Å². The molecule has 9 nitrogen and oxygen atoms in total. The molecule has 1 fully saturated rings. The van der Waals surface area contributed by atoms with Crippen molar-refractivity contribution in [2.45, 2.75) is 65.7 Å². The molecule has 206 valence electrons. The van der Waals surface area contributed by atoms with E-state index < -0.39 is 22.1 Å². The highest BCUT2D eigenvalue weighted by atomic mass is 32.2. The van der Waals surface area contributed by atoms with Crippen LogP contribution in [0.2, 0.25) is 0 Å². The zero-order chi connectivity index (χ0) is 28.1. The van der Waals surface area contributed by atoms with E-state index >= 15 is 0 Å². The topological polar surface area (TPSA) is 106 Å². The van der Waals surface area contributed by atoms with Crippen molar-refractivity contribution in [2.75, 3.05) is 13.7 Å². The average molecular weight is 550 g/mol. The SMILES string of the molecule is CCOC(=O)c1cc(OC)n2c(C)c(-c3cc4ccc(/C(C)=N/[S@@+]([O-])C(C)(C)C)nc4n3CC3CC3)nc2c1. The number of ether oxygens (including phenoxy) is 2. The Labute approximate surface area is 231 Å². The first kappa shape index (κ1) is 27.2. The van der Waals surface area contributed by atoms with Crippen LogP contribution in [0.1, 0.15) is 69.2 Å². The maximum absolute atomic E-state index is 12.6. The number of pyridine rings is 2. The van der Waals surface area contributed by atoms with E-state index in [1.165, 1.54) is 12.8 Å². The molecule has 1 aliphatic carbocycles. The van der Waals surface area contributed by atoms with Crippen molar-refractivity contribution in [1.82, 2.24) is 18.9 Å². The molecule has 0 aliphatic heterocycles. The zero-order valence-electron chi connectivity index (χ0n) is 23.6. The van der Waals surface area contributed by atoms with Crippen LogP contribution < -0.4 is 4.74 Å². The molecule has 0 aromatic carbocycles. The number of carbonyl (C=O) groups is 1. The van der Waals surface area contributed by atoms with Gasteiger partial charge >= 0.3 is 5.97 Å². The van der Waals surface area contributed by atoms with Gasteiger partial charge in [-0.05, 0) is 84.6 Å². The third-order valence-corrected chi connectivity index (χ3v) is 8.36. The Morgan fingerprint density at radius 2 is 1.95 bits per heavy atom. The van der Waals surface area contributed by atoms with E-state index in [0.29, 0.717) is 34.4 Å². The molecule has 4 heterocycles. The number of carbonyl (C=O) groups excluding carboxylic acids is 1. The summed E-state index contributed by atoms with van der Waals surface area (Å²) in [6.07, 6.45) is 2.37. The molecule has 0 spiro atoms. The lowest BCUT2D eigenvalue weighted by Gasteiger charge is -2.18. The Kier molecular flexibility index (Phi) is 7.19. The summed E-state index contributed by atoms with van der Waals surface area (Å²) in [5.74, 6) is 0.690. The number of nitrogens with zero attached hydrogens (tertiary/aromatic N) is 5. The number of hydrogen-bond donors (Lipinski definition) is 0. The fourth-order valence-corrected chi connectivity index (χ4v) is 5.19. The van der Waals surface area contributed by atoms with Crippen LogP contribution in [0.25, 0.3) is 28.1 Å². The van der Waals surface area contributed by atoms with Crippen molar-refractivity contribution in [2.24, 2.45) is 10.3 Å². The third kappa shape index (κ3) is 5.27. The molecule has 10 heteroatoms. The van der Waals surface area contributed by atoms with Crippen LogP contribution in [-0.4, -0.2) is 53.6 Å². The summed E-state index contributed by atoms with van der Waals surface area (Å²) in [5.41, 5.74) is 5.85. The van der Waals surface area contributed by atoms with E-state index in [0.717, 1.165) is 34.7 Å². The number of imidazole rings is 1. The lowest BCUT2D eigenvalue weighted by molar-refractivity contribution is 0.0526. The fraction of sp³-hybridized carbons (Fsp3) is 0.448. The summed E-state index contributed by atoms with van der Waals surface area (Å²) in [7, 11) is 1.58. The number of aromatic nitrogens is 4. The van der Waals surface area contributed by atoms with E-state index in [1.807, 2.05) is 51.2 Å². The van der Waals surface area contributed by atoms with Gasteiger partial charge in [0.05, 0.1) is 36.4 Å². The van der Waals surface area contributed by atoms with Gasteiger partial charge < -0.3 is 18.6 Å². The maximum atomic E-state index is 12.6. The first-order valence-electron chi connectivity index (χ1n) is 13.2. The molecule has 5 rings (SSSR count). The number of esters is 1. The van der Waals surface area contributed by atoms with Gasteiger partial charge in [0.15, 0.2) is 5.88 Å². The Bertz CT molecular complexity index is 1590. The molecule has 0 bridgehead atoms. The first-order valence-corrected chi connectivity index (χ1v) is 14.3. The van der Waals surface area contributed by atoms with Crippen molar-refractivity contribution in [3.8, 4) is 17.3 Å². The standard InChI is InChI=1S/C29H35N5O4S/c1-8-38-28(35)21-14-24-31-26(18(3)34(24)25(15-21)37-7)23-13-20-11-12-22(17(2)32-39(36)29(4,5)6)30-27(20)33(23)16-19-9-10-19/h11-15,19H,8-10,16H2,1-7H3/b32-17+/t39-/m0/s1. The van der Waals surface area contributed by atoms with Crippen molar-refractivity contribution in [3.05, 3.63) is 47.3 Å². The van der Waals surface area contributed by atoms with Crippen LogP contribution in [0.15, 0.2) is 34.7 Å². The number of methoxy groups -OCH3 is 1. The molecule has 0 amide bonds. The molecule has 0 N–H and O–H groups in total. The smallest absolute Gasteiger partial charge is 0.338 e. The molecular weight excluding hydrogens is 514 g/mol. The van der Waals surface area contributed by atoms with Crippen molar-refractivity contribution in [3.63, 3.8) is 0 Å². The number of fused-ring (bicyclic) bond motifs is 2. The van der Waals surface area contributed by atoms with E-state index in [1.54, 1.807) is 26.2 Å². The number of aryl methyl sites for hydroxylation is 1. The minimum absolute atomic E-state index is 0.289. The second kappa shape index (κ2) is 10.3. The monoisotopic (exact) mass is 549 g/mol. The normalized spacial score (nSPS) is 15.2. The summed E-state index contributed by atoms with van der Waals surface area (Å²) in [5, 5.41) is 0.995.